The van der Waals surface area contributed by atoms with Gasteiger partial charge in [0, 0.05) is 13.1 Å². The average Bonchev–Trinajstić information content (AvgIpc) is 1.95. The first-order valence-electron chi connectivity index (χ1n) is 4.14. The quantitative estimate of drug-likeness (QED) is 0.471. The molecule has 8 nitrogen and oxygen atoms in total. The molecule has 15 heavy (non-hydrogen) atoms. The minimum Gasteiger partial charge on any atom is -0.369 e. The highest BCUT2D eigenvalue weighted by Crippen LogP contribution is 2.14. The molecule has 0 aromatic rings. The summed E-state index contributed by atoms with van der Waals surface area (Å²) in [5.74, 6) is -1.22. The van der Waals surface area contributed by atoms with Crippen molar-refractivity contribution in [3.63, 3.8) is 0 Å². The van der Waals surface area contributed by atoms with Crippen LogP contribution < -0.4 is 15.6 Å². The van der Waals surface area contributed by atoms with Gasteiger partial charge in [0.05, 0.1) is 12.5 Å². The van der Waals surface area contributed by atoms with Gasteiger partial charge in [0.25, 0.3) is 10.2 Å². The first-order valence-corrected chi connectivity index (χ1v) is 5.68. The third kappa shape index (κ3) is 3.46. The molecular formula is C6H12N4O4S. The van der Waals surface area contributed by atoms with E-state index in [4.69, 9.17) is 5.73 Å². The molecule has 0 aromatic carbocycles. The molecular weight excluding hydrogens is 224 g/mol. The molecule has 0 unspecified atom stereocenters. The lowest BCUT2D eigenvalue weighted by atomic mass is 10.00. The molecule has 0 bridgehead atoms. The molecule has 5 N–H and O–H groups in total. The van der Waals surface area contributed by atoms with E-state index < -0.39 is 28.6 Å². The summed E-state index contributed by atoms with van der Waals surface area (Å²) in [7, 11) is -3.86. The van der Waals surface area contributed by atoms with E-state index in [2.05, 4.69) is 5.14 Å². The summed E-state index contributed by atoms with van der Waals surface area (Å²) in [6.07, 6.45) is 0. The number of nitrogens with one attached hydrogen (secondary N) is 1. The minimum absolute atomic E-state index is 0.237. The predicted octanol–water partition coefficient (Wildman–Crippen LogP) is -3.28. The number of nitrogens with two attached hydrogens (primary N) is 2. The topological polar surface area (TPSA) is 136 Å². The summed E-state index contributed by atoms with van der Waals surface area (Å²) in [5.41, 5.74) is 4.99. The Hall–Kier alpha value is -1.19. The van der Waals surface area contributed by atoms with Crippen LogP contribution in [0.3, 0.4) is 0 Å². The van der Waals surface area contributed by atoms with E-state index in [9.17, 15) is 18.0 Å². The summed E-state index contributed by atoms with van der Waals surface area (Å²) in [6.45, 7) is 0.0746. The molecule has 0 radical (unpaired) electrons. The number of primary amides is 1. The lowest BCUT2D eigenvalue weighted by Gasteiger charge is -2.37. The second kappa shape index (κ2) is 4.13. The van der Waals surface area contributed by atoms with Crippen LogP contribution in [0.1, 0.15) is 0 Å². The van der Waals surface area contributed by atoms with Crippen molar-refractivity contribution in [1.82, 2.24) is 9.62 Å². The van der Waals surface area contributed by atoms with E-state index in [1.807, 2.05) is 4.72 Å². The molecule has 1 saturated heterocycles. The van der Waals surface area contributed by atoms with Crippen LogP contribution in [0.15, 0.2) is 0 Å². The molecule has 1 aliphatic heterocycles. The average molecular weight is 236 g/mol. The summed E-state index contributed by atoms with van der Waals surface area (Å²) in [5, 5.41) is 4.64. The number of nitrogens with zero attached hydrogens (tertiary/aromatic N) is 1. The summed E-state index contributed by atoms with van der Waals surface area (Å²) < 4.78 is 22.8. The second-order valence-corrected chi connectivity index (χ2v) is 4.64. The Morgan fingerprint density at radius 3 is 2.33 bits per heavy atom. The van der Waals surface area contributed by atoms with Crippen LogP contribution in [0.5, 0.6) is 0 Å². The van der Waals surface area contributed by atoms with Crippen LogP contribution >= 0.6 is 0 Å². The monoisotopic (exact) mass is 236 g/mol. The number of hydrogen-bond donors (Lipinski definition) is 3. The van der Waals surface area contributed by atoms with Crippen molar-refractivity contribution in [2.45, 2.75) is 0 Å². The Bertz CT molecular complexity index is 373. The van der Waals surface area contributed by atoms with E-state index >= 15 is 0 Å². The Balaban J connectivity index is 2.30. The smallest absolute Gasteiger partial charge is 0.274 e. The maximum atomic E-state index is 11.2. The number of carbonyl (C=O) groups excluding carboxylic acids is 2. The second-order valence-electron chi connectivity index (χ2n) is 3.26. The van der Waals surface area contributed by atoms with Gasteiger partial charge in [-0.15, -0.1) is 0 Å². The van der Waals surface area contributed by atoms with Crippen molar-refractivity contribution in [3.8, 4) is 0 Å². The van der Waals surface area contributed by atoms with Gasteiger partial charge in [0.2, 0.25) is 11.8 Å². The van der Waals surface area contributed by atoms with Gasteiger partial charge in [-0.25, -0.2) is 5.14 Å². The molecule has 1 aliphatic rings. The van der Waals surface area contributed by atoms with Crippen molar-refractivity contribution in [2.24, 2.45) is 16.8 Å². The zero-order chi connectivity index (χ0) is 11.6. The third-order valence-corrected chi connectivity index (χ3v) is 2.61. The van der Waals surface area contributed by atoms with Gasteiger partial charge in [0.15, 0.2) is 0 Å². The number of amides is 2. The van der Waals surface area contributed by atoms with Crippen molar-refractivity contribution in [3.05, 3.63) is 0 Å². The molecule has 0 atom stereocenters. The minimum atomic E-state index is -3.86. The lowest BCUT2D eigenvalue weighted by molar-refractivity contribution is -0.140. The fourth-order valence-electron chi connectivity index (χ4n) is 1.14. The highest BCUT2D eigenvalue weighted by molar-refractivity contribution is 7.87. The standard InChI is InChI=1S/C6H12N4O4S/c7-6(12)4-2-10(3-4)5(11)1-9-15(8,13)14/h4,9H,1-3H2,(H2,7,12)(H2,8,13,14). The molecule has 0 spiro atoms. The summed E-state index contributed by atoms with van der Waals surface area (Å²) >= 11 is 0. The van der Waals surface area contributed by atoms with Gasteiger partial charge >= 0.3 is 0 Å². The molecule has 9 heteroatoms. The largest absolute Gasteiger partial charge is 0.369 e. The van der Waals surface area contributed by atoms with Crippen LogP contribution in [-0.4, -0.2) is 44.8 Å². The van der Waals surface area contributed by atoms with Crippen molar-refractivity contribution in [2.75, 3.05) is 19.6 Å². The van der Waals surface area contributed by atoms with Gasteiger partial charge in [-0.2, -0.15) is 13.1 Å². The molecule has 1 fully saturated rings. The van der Waals surface area contributed by atoms with Crippen molar-refractivity contribution < 1.29 is 18.0 Å². The van der Waals surface area contributed by atoms with Crippen LogP contribution in [0.25, 0.3) is 0 Å². The van der Waals surface area contributed by atoms with E-state index in [0.29, 0.717) is 0 Å². The molecule has 0 aromatic heterocycles. The van der Waals surface area contributed by atoms with Gasteiger partial charge in [-0.1, -0.05) is 0 Å². The van der Waals surface area contributed by atoms with E-state index in [-0.39, 0.29) is 19.0 Å². The number of rotatable bonds is 4. The van der Waals surface area contributed by atoms with Gasteiger partial charge in [-0.05, 0) is 0 Å². The molecule has 86 valence electrons. The SMILES string of the molecule is NC(=O)C1CN(C(=O)CNS(N)(=O)=O)C1. The molecule has 0 aliphatic carbocycles. The third-order valence-electron chi connectivity index (χ3n) is 2.06. The van der Waals surface area contributed by atoms with Gasteiger partial charge in [-0.3, -0.25) is 9.59 Å². The summed E-state index contributed by atoms with van der Waals surface area (Å²) in [4.78, 5) is 23.2. The van der Waals surface area contributed by atoms with E-state index in [1.165, 1.54) is 4.90 Å². The van der Waals surface area contributed by atoms with Crippen LogP contribution in [0.4, 0.5) is 0 Å². The number of carbonyl (C=O) groups is 2. The van der Waals surface area contributed by atoms with Gasteiger partial charge in [0.1, 0.15) is 0 Å². The molecule has 1 rings (SSSR count). The molecule has 1 heterocycles. The van der Waals surface area contributed by atoms with Crippen LogP contribution in [0.2, 0.25) is 0 Å². The highest BCUT2D eigenvalue weighted by Gasteiger charge is 2.34. The van der Waals surface area contributed by atoms with Crippen molar-refractivity contribution >= 4 is 22.0 Å². The Morgan fingerprint density at radius 1 is 1.40 bits per heavy atom. The fraction of sp³-hybridized carbons (Fsp3) is 0.667. The zero-order valence-electron chi connectivity index (χ0n) is 7.84. The van der Waals surface area contributed by atoms with Crippen LogP contribution in [-0.2, 0) is 19.8 Å². The predicted molar refractivity (Wildman–Crippen MR) is 50.4 cm³/mol. The highest BCUT2D eigenvalue weighted by atomic mass is 32.2. The van der Waals surface area contributed by atoms with Crippen LogP contribution in [0, 0.1) is 5.92 Å². The maximum absolute atomic E-state index is 11.2. The zero-order valence-corrected chi connectivity index (χ0v) is 8.66. The van der Waals surface area contributed by atoms with Crippen molar-refractivity contribution in [1.29, 1.82) is 0 Å². The summed E-state index contributed by atoms with van der Waals surface area (Å²) in [6, 6.07) is 0. The first kappa shape index (κ1) is 11.9. The van der Waals surface area contributed by atoms with E-state index in [0.717, 1.165) is 0 Å². The lowest BCUT2D eigenvalue weighted by Crippen LogP contribution is -2.57. The molecule has 0 saturated carbocycles. The first-order chi connectivity index (χ1) is 6.79. The van der Waals surface area contributed by atoms with E-state index in [1.54, 1.807) is 0 Å². The molecule has 2 amide bonds. The number of likely N-dealkylation sites (tertiary alicyclic amines) is 1. The Labute approximate surface area is 86.8 Å². The van der Waals surface area contributed by atoms with Gasteiger partial charge < -0.3 is 10.6 Å². The normalized spacial score (nSPS) is 17.3. The Kier molecular flexibility index (Phi) is 3.27. The Morgan fingerprint density at radius 2 is 1.93 bits per heavy atom. The maximum Gasteiger partial charge on any atom is 0.274 e. The number of hydrogen-bond acceptors (Lipinski definition) is 4. The fourth-order valence-corrected chi connectivity index (χ4v) is 1.46.